The van der Waals surface area contributed by atoms with Gasteiger partial charge >= 0.3 is 0 Å². The third-order valence-corrected chi connectivity index (χ3v) is 2.22. The van der Waals surface area contributed by atoms with E-state index < -0.39 is 0 Å². The van der Waals surface area contributed by atoms with E-state index in [0.717, 1.165) is 12.2 Å². The molecule has 9 heavy (non-hydrogen) atoms. The summed E-state index contributed by atoms with van der Waals surface area (Å²) >= 11 is 1.75. The molecule has 0 saturated carbocycles. The van der Waals surface area contributed by atoms with Gasteiger partial charge in [-0.2, -0.15) is 0 Å². The number of rotatable bonds is 3. The van der Waals surface area contributed by atoms with E-state index in [2.05, 4.69) is 18.9 Å². The van der Waals surface area contributed by atoms with Crippen LogP contribution >= 0.6 is 11.8 Å². The number of hydrogen-bond donors (Lipinski definition) is 0. The van der Waals surface area contributed by atoms with Crippen LogP contribution in [0.2, 0.25) is 0 Å². The third-order valence-electron chi connectivity index (χ3n) is 1.01. The van der Waals surface area contributed by atoms with E-state index in [1.54, 1.807) is 11.8 Å². The van der Waals surface area contributed by atoms with Crippen LogP contribution in [0.3, 0.4) is 0 Å². The molecule has 50 valence electrons. The minimum atomic E-state index is 0.799. The standard InChI is InChI=1S/C8H12S/c1-4-7-9-8(5-2)6-3/h1,5H,6-7H2,2-3H3/b8-5-. The number of thioether (sulfide) groups is 1. The van der Waals surface area contributed by atoms with Crippen LogP contribution < -0.4 is 0 Å². The summed E-state index contributed by atoms with van der Waals surface area (Å²) in [5.74, 6) is 3.39. The lowest BCUT2D eigenvalue weighted by Gasteiger charge is -1.96. The SMILES string of the molecule is C#CCS/C(=C\C)CC. The molecule has 0 rings (SSSR count). The second-order valence-corrected chi connectivity index (χ2v) is 2.70. The van der Waals surface area contributed by atoms with Gasteiger partial charge in [0, 0.05) is 0 Å². The highest BCUT2D eigenvalue weighted by Gasteiger charge is 1.88. The van der Waals surface area contributed by atoms with Crippen molar-refractivity contribution < 1.29 is 0 Å². The Labute approximate surface area is 61.7 Å². The Balaban J connectivity index is 3.48. The van der Waals surface area contributed by atoms with Crippen molar-refractivity contribution in [1.82, 2.24) is 0 Å². The molecular weight excluding hydrogens is 128 g/mol. The molecule has 0 unspecified atom stereocenters. The van der Waals surface area contributed by atoms with E-state index in [1.807, 2.05) is 6.92 Å². The second kappa shape index (κ2) is 5.78. The van der Waals surface area contributed by atoms with E-state index in [-0.39, 0.29) is 0 Å². The van der Waals surface area contributed by atoms with Gasteiger partial charge in [-0.15, -0.1) is 18.2 Å². The zero-order chi connectivity index (χ0) is 7.11. The highest BCUT2D eigenvalue weighted by molar-refractivity contribution is 8.03. The molecule has 0 N–H and O–H groups in total. The van der Waals surface area contributed by atoms with Gasteiger partial charge in [0.15, 0.2) is 0 Å². The third kappa shape index (κ3) is 4.17. The van der Waals surface area contributed by atoms with Crippen LogP contribution in [-0.4, -0.2) is 5.75 Å². The molecule has 0 aliphatic rings. The smallest absolute Gasteiger partial charge is 0.0588 e. The normalized spacial score (nSPS) is 11.0. The first-order valence-corrected chi connectivity index (χ1v) is 4.05. The Morgan fingerprint density at radius 1 is 1.78 bits per heavy atom. The van der Waals surface area contributed by atoms with E-state index >= 15 is 0 Å². The van der Waals surface area contributed by atoms with Crippen LogP contribution in [-0.2, 0) is 0 Å². The largest absolute Gasteiger partial charge is 0.119 e. The quantitative estimate of drug-likeness (QED) is 0.543. The average Bonchev–Trinajstić information content (AvgIpc) is 1.91. The minimum absolute atomic E-state index is 0.799. The van der Waals surface area contributed by atoms with Crippen LogP contribution in [0.1, 0.15) is 20.3 Å². The molecule has 0 aromatic heterocycles. The summed E-state index contributed by atoms with van der Waals surface area (Å²) in [4.78, 5) is 1.38. The van der Waals surface area contributed by atoms with Gasteiger partial charge in [0.2, 0.25) is 0 Å². The average molecular weight is 140 g/mol. The van der Waals surface area contributed by atoms with Crippen molar-refractivity contribution in [2.45, 2.75) is 20.3 Å². The summed E-state index contributed by atoms with van der Waals surface area (Å²) < 4.78 is 0. The molecule has 0 radical (unpaired) electrons. The second-order valence-electron chi connectivity index (χ2n) is 1.60. The van der Waals surface area contributed by atoms with Crippen molar-refractivity contribution in [3.63, 3.8) is 0 Å². The van der Waals surface area contributed by atoms with E-state index in [9.17, 15) is 0 Å². The number of hydrogen-bond acceptors (Lipinski definition) is 1. The molecule has 0 atom stereocenters. The molecule has 0 bridgehead atoms. The van der Waals surface area contributed by atoms with Crippen molar-refractivity contribution in [2.24, 2.45) is 0 Å². The van der Waals surface area contributed by atoms with Crippen molar-refractivity contribution in [3.05, 3.63) is 11.0 Å². The van der Waals surface area contributed by atoms with Gasteiger partial charge in [-0.25, -0.2) is 0 Å². The Hall–Kier alpha value is -0.350. The molecule has 0 aromatic rings. The molecule has 0 nitrogen and oxygen atoms in total. The first-order valence-electron chi connectivity index (χ1n) is 3.06. The fourth-order valence-electron chi connectivity index (χ4n) is 0.524. The molecule has 0 fully saturated rings. The van der Waals surface area contributed by atoms with E-state index in [4.69, 9.17) is 6.42 Å². The van der Waals surface area contributed by atoms with Crippen LogP contribution in [0, 0.1) is 12.3 Å². The molecular formula is C8H12S. The lowest BCUT2D eigenvalue weighted by Crippen LogP contribution is -1.74. The Bertz CT molecular complexity index is 128. The highest BCUT2D eigenvalue weighted by atomic mass is 32.2. The fourth-order valence-corrected chi connectivity index (χ4v) is 1.16. The van der Waals surface area contributed by atoms with Gasteiger partial charge < -0.3 is 0 Å². The zero-order valence-corrected chi connectivity index (χ0v) is 6.79. The number of allylic oxidation sites excluding steroid dienone is 2. The maximum absolute atomic E-state index is 5.09. The molecule has 0 amide bonds. The zero-order valence-electron chi connectivity index (χ0n) is 5.98. The summed E-state index contributed by atoms with van der Waals surface area (Å²) in [6, 6.07) is 0. The maximum Gasteiger partial charge on any atom is 0.0588 e. The fraction of sp³-hybridized carbons (Fsp3) is 0.500. The van der Waals surface area contributed by atoms with Gasteiger partial charge in [0.1, 0.15) is 0 Å². The molecule has 0 saturated heterocycles. The van der Waals surface area contributed by atoms with Crippen LogP contribution in [0.5, 0.6) is 0 Å². The van der Waals surface area contributed by atoms with Crippen molar-refractivity contribution in [2.75, 3.05) is 5.75 Å². The van der Waals surface area contributed by atoms with Crippen LogP contribution in [0.15, 0.2) is 11.0 Å². The van der Waals surface area contributed by atoms with Gasteiger partial charge in [0.05, 0.1) is 5.75 Å². The molecule has 0 aromatic carbocycles. The maximum atomic E-state index is 5.09. The summed E-state index contributed by atoms with van der Waals surface area (Å²) in [6.45, 7) is 4.18. The Morgan fingerprint density at radius 2 is 2.44 bits per heavy atom. The molecule has 0 spiro atoms. The van der Waals surface area contributed by atoms with Gasteiger partial charge in [-0.05, 0) is 18.2 Å². The van der Waals surface area contributed by atoms with Crippen molar-refractivity contribution >= 4 is 11.8 Å². The topological polar surface area (TPSA) is 0 Å². The van der Waals surface area contributed by atoms with Gasteiger partial charge in [-0.1, -0.05) is 18.9 Å². The molecule has 0 aliphatic carbocycles. The summed E-state index contributed by atoms with van der Waals surface area (Å²) in [7, 11) is 0. The lowest BCUT2D eigenvalue weighted by atomic mass is 10.4. The van der Waals surface area contributed by atoms with Gasteiger partial charge in [0.25, 0.3) is 0 Å². The van der Waals surface area contributed by atoms with Crippen molar-refractivity contribution in [1.29, 1.82) is 0 Å². The minimum Gasteiger partial charge on any atom is -0.119 e. The monoisotopic (exact) mass is 140 g/mol. The Kier molecular flexibility index (Phi) is 5.56. The van der Waals surface area contributed by atoms with Crippen molar-refractivity contribution in [3.8, 4) is 12.3 Å². The lowest BCUT2D eigenvalue weighted by molar-refractivity contribution is 1.19. The predicted molar refractivity (Wildman–Crippen MR) is 45.3 cm³/mol. The van der Waals surface area contributed by atoms with E-state index in [0.29, 0.717) is 0 Å². The van der Waals surface area contributed by atoms with Gasteiger partial charge in [-0.3, -0.25) is 0 Å². The highest BCUT2D eigenvalue weighted by Crippen LogP contribution is 2.17. The molecule has 0 aliphatic heterocycles. The van der Waals surface area contributed by atoms with E-state index in [1.165, 1.54) is 4.91 Å². The van der Waals surface area contributed by atoms with Crippen LogP contribution in [0.25, 0.3) is 0 Å². The first-order chi connectivity index (χ1) is 4.35. The van der Waals surface area contributed by atoms with Crippen LogP contribution in [0.4, 0.5) is 0 Å². The molecule has 0 heterocycles. The first kappa shape index (κ1) is 8.65. The number of terminal acetylenes is 1. The molecule has 1 heteroatoms. The Morgan fingerprint density at radius 3 is 2.78 bits per heavy atom. The predicted octanol–water partition coefficient (Wildman–Crippen LogP) is 2.67. The summed E-state index contributed by atoms with van der Waals surface area (Å²) in [5.41, 5.74) is 0. The summed E-state index contributed by atoms with van der Waals surface area (Å²) in [5, 5.41) is 0. The summed E-state index contributed by atoms with van der Waals surface area (Å²) in [6.07, 6.45) is 8.30.